The van der Waals surface area contributed by atoms with E-state index in [0.717, 1.165) is 44.9 Å². The summed E-state index contributed by atoms with van der Waals surface area (Å²) in [6, 6.07) is 36.2. The molecule has 66 heavy (non-hydrogen) atoms. The molecule has 1 aliphatic carbocycles. The van der Waals surface area contributed by atoms with Crippen LogP contribution in [0.25, 0.3) is 15.3 Å². The number of anilines is 2. The number of hydrogen-bond donors (Lipinski definition) is 2. The fourth-order valence-electron chi connectivity index (χ4n) is 6.85. The van der Waals surface area contributed by atoms with Crippen molar-refractivity contribution in [2.24, 2.45) is 5.41 Å². The smallest absolute Gasteiger partial charge is 0.480 e. The van der Waals surface area contributed by atoms with Gasteiger partial charge in [-0.2, -0.15) is 13.2 Å². The number of rotatable bonds is 16. The Hall–Kier alpha value is -5.25. The van der Waals surface area contributed by atoms with Gasteiger partial charge in [0.15, 0.2) is 16.6 Å². The van der Waals surface area contributed by atoms with Crippen molar-refractivity contribution in [1.82, 2.24) is 0 Å². The lowest BCUT2D eigenvalue weighted by Crippen LogP contribution is -2.71. The molecule has 1 aliphatic rings. The summed E-state index contributed by atoms with van der Waals surface area (Å²) >= 11 is 0. The van der Waals surface area contributed by atoms with E-state index in [1.807, 2.05) is 6.92 Å². The Morgan fingerprint density at radius 1 is 0.652 bits per heavy atom. The SMILES string of the molecule is CCC(C)(C)C(=O)O.CCN(CC)c1ccc(C(=C2C=CC(=[NH+]Cc3ccc(C(C)(C)CC)cc3)c3ccccc32)c2ccc(N(CC)CC)cc2)cc1.CS(=O)(=O)[N-]S(=O)(=O)C(F)(F)F. The zero-order valence-electron chi connectivity index (χ0n) is 40.1. The van der Waals surface area contributed by atoms with E-state index in [2.05, 4.69) is 172 Å². The van der Waals surface area contributed by atoms with Gasteiger partial charge in [-0.25, -0.2) is 21.8 Å². The third-order valence-corrected chi connectivity index (χ3v) is 14.3. The van der Waals surface area contributed by atoms with Crippen LogP contribution in [0.2, 0.25) is 0 Å². The summed E-state index contributed by atoms with van der Waals surface area (Å²) in [6.45, 7) is 25.9. The Bertz CT molecular complexity index is 2490. The normalized spacial score (nSPS) is 13.5. The molecule has 4 aromatic carbocycles. The highest BCUT2D eigenvalue weighted by Crippen LogP contribution is 2.38. The van der Waals surface area contributed by atoms with Gasteiger partial charge in [-0.15, -0.1) is 0 Å². The predicted octanol–water partition coefficient (Wildman–Crippen LogP) is 10.3. The number of aliphatic carboxylic acids is 1. The van der Waals surface area contributed by atoms with Crippen molar-refractivity contribution in [3.63, 3.8) is 0 Å². The number of hydrogen-bond acceptors (Lipinski definition) is 7. The zero-order valence-corrected chi connectivity index (χ0v) is 41.8. The van der Waals surface area contributed by atoms with Gasteiger partial charge in [0.1, 0.15) is 0 Å². The fraction of sp³-hybridized carbons (Fsp3) is 0.412. The molecule has 0 fully saturated rings. The van der Waals surface area contributed by atoms with E-state index in [9.17, 15) is 34.8 Å². The molecule has 0 aliphatic heterocycles. The molecule has 0 spiro atoms. The average Bonchev–Trinajstić information content (AvgIpc) is 3.27. The number of carboxylic acids is 1. The first-order chi connectivity index (χ1) is 30.8. The van der Waals surface area contributed by atoms with Gasteiger partial charge in [0.25, 0.3) is 0 Å². The number of sulfonamides is 2. The summed E-state index contributed by atoms with van der Waals surface area (Å²) in [5, 5.41) is 8.44. The van der Waals surface area contributed by atoms with Gasteiger partial charge in [-0.05, 0) is 130 Å². The van der Waals surface area contributed by atoms with Crippen molar-refractivity contribution in [3.8, 4) is 0 Å². The molecule has 0 radical (unpaired) electrons. The maximum Gasteiger partial charge on any atom is 0.480 e. The molecule has 2 N–H and O–H groups in total. The Morgan fingerprint density at radius 3 is 1.45 bits per heavy atom. The highest BCUT2D eigenvalue weighted by Gasteiger charge is 2.40. The molecule has 0 aromatic heterocycles. The average molecular weight is 953 g/mol. The fourth-order valence-corrected chi connectivity index (χ4v) is 8.62. The summed E-state index contributed by atoms with van der Waals surface area (Å²) in [6.07, 6.45) is 6.63. The van der Waals surface area contributed by atoms with E-state index >= 15 is 0 Å². The van der Waals surface area contributed by atoms with Crippen molar-refractivity contribution in [1.29, 1.82) is 0 Å². The van der Waals surface area contributed by atoms with Gasteiger partial charge in [-0.3, -0.25) is 4.79 Å². The second-order valence-corrected chi connectivity index (χ2v) is 20.6. The molecule has 5 rings (SSSR count). The quantitative estimate of drug-likeness (QED) is 0.113. The number of carboxylic acid groups (broad SMARTS) is 1. The number of fused-ring (bicyclic) bond motifs is 1. The second kappa shape index (κ2) is 23.5. The molecule has 360 valence electrons. The topological polar surface area (TPSA) is 140 Å². The van der Waals surface area contributed by atoms with Crippen LogP contribution in [0.1, 0.15) is 115 Å². The van der Waals surface area contributed by atoms with Gasteiger partial charge in [-0.1, -0.05) is 94.4 Å². The van der Waals surface area contributed by atoms with Crippen LogP contribution in [-0.4, -0.2) is 71.6 Å². The number of benzene rings is 4. The van der Waals surface area contributed by atoms with E-state index < -0.39 is 36.9 Å². The lowest BCUT2D eigenvalue weighted by molar-refractivity contribution is -0.473. The van der Waals surface area contributed by atoms with Crippen molar-refractivity contribution >= 4 is 54.2 Å². The minimum atomic E-state index is -5.92. The minimum Gasteiger partial charge on any atom is -0.481 e. The van der Waals surface area contributed by atoms with Crippen LogP contribution in [0.5, 0.6) is 0 Å². The molecule has 10 nitrogen and oxygen atoms in total. The van der Waals surface area contributed by atoms with Gasteiger partial charge < -0.3 is 19.0 Å². The standard InChI is InChI=1S/C43H51N3.C6H12O2.C2H3F3NO4S2/c1-8-43(6,7)35-23-17-32(18-24-35)31-44-41-30-29-40(38-15-13-14-16-39(38)41)42(33-19-25-36(26-20-33)45(9-2)10-3)34-21-27-37(28-22-34)46(11-4)12-5;1-4-6(2,3)5(7)8;1-11(7,8)6-12(9,10)2(3,4)5/h13-30H,8-12,31H2,1-7H3;4H2,1-3H3,(H,7,8);1H3/q;;-1/p+1. The molecule has 0 unspecified atom stereocenters. The van der Waals surface area contributed by atoms with Gasteiger partial charge in [0.05, 0.1) is 21.0 Å². The van der Waals surface area contributed by atoms with Gasteiger partial charge in [0, 0.05) is 55.4 Å². The first-order valence-electron chi connectivity index (χ1n) is 22.2. The summed E-state index contributed by atoms with van der Waals surface area (Å²) in [4.78, 5) is 18.8. The van der Waals surface area contributed by atoms with Crippen LogP contribution in [0, 0.1) is 5.41 Å². The summed E-state index contributed by atoms with van der Waals surface area (Å²) in [5.41, 5.74) is 7.81. The van der Waals surface area contributed by atoms with E-state index in [4.69, 9.17) is 5.11 Å². The van der Waals surface area contributed by atoms with Crippen molar-refractivity contribution < 1.29 is 44.9 Å². The molecule has 0 heterocycles. The number of allylic oxidation sites excluding steroid dienone is 3. The Kier molecular flexibility index (Phi) is 19.6. The van der Waals surface area contributed by atoms with Crippen LogP contribution >= 0.6 is 0 Å². The third-order valence-electron chi connectivity index (χ3n) is 11.9. The minimum absolute atomic E-state index is 0.198. The number of nitrogens with zero attached hydrogens (tertiary/aromatic N) is 3. The Balaban J connectivity index is 0.000000480. The monoisotopic (exact) mass is 952 g/mol. The first kappa shape index (κ1) is 55.1. The molecule has 0 amide bonds. The summed E-state index contributed by atoms with van der Waals surface area (Å²) < 4.78 is 76.0. The predicted molar refractivity (Wildman–Crippen MR) is 265 cm³/mol. The molecular formula is C51H67F3N4O6S2. The number of nitrogens with one attached hydrogen (secondary N) is 1. The van der Waals surface area contributed by atoms with Crippen LogP contribution < -0.4 is 14.8 Å². The van der Waals surface area contributed by atoms with Gasteiger partial charge in [0.2, 0.25) is 5.71 Å². The number of carbonyl (C=O) groups is 1. The molecule has 0 saturated heterocycles. The third kappa shape index (κ3) is 14.9. The lowest BCUT2D eigenvalue weighted by Gasteiger charge is -2.24. The number of halogens is 3. The molecule has 0 atom stereocenters. The summed E-state index contributed by atoms with van der Waals surface area (Å²) in [5.74, 6) is -0.722. The molecule has 0 saturated carbocycles. The van der Waals surface area contributed by atoms with E-state index in [1.54, 1.807) is 18.0 Å². The lowest BCUT2D eigenvalue weighted by atomic mass is 9.82. The van der Waals surface area contributed by atoms with E-state index in [-0.39, 0.29) is 11.7 Å². The van der Waals surface area contributed by atoms with E-state index in [0.29, 0.717) is 6.42 Å². The van der Waals surface area contributed by atoms with Crippen molar-refractivity contribution in [2.75, 3.05) is 42.2 Å². The van der Waals surface area contributed by atoms with Crippen LogP contribution in [0.3, 0.4) is 0 Å². The highest BCUT2D eigenvalue weighted by atomic mass is 32.3. The summed E-state index contributed by atoms with van der Waals surface area (Å²) in [7, 11) is -10.5. The molecule has 15 heteroatoms. The Morgan fingerprint density at radius 2 is 1.11 bits per heavy atom. The maximum absolute atomic E-state index is 11.4. The van der Waals surface area contributed by atoms with Crippen LogP contribution in [0.4, 0.5) is 24.5 Å². The molecule has 0 bridgehead atoms. The van der Waals surface area contributed by atoms with Crippen LogP contribution in [0.15, 0.2) is 109 Å². The largest absolute Gasteiger partial charge is 0.481 e. The van der Waals surface area contributed by atoms with E-state index in [1.165, 1.54) is 55.9 Å². The number of alkyl halides is 3. The maximum atomic E-state index is 11.4. The highest BCUT2D eigenvalue weighted by molar-refractivity contribution is 8.12. The molecule has 4 aromatic rings. The van der Waals surface area contributed by atoms with Crippen molar-refractivity contribution in [3.05, 3.63) is 147 Å². The van der Waals surface area contributed by atoms with Crippen molar-refractivity contribution in [2.45, 2.75) is 99.5 Å². The zero-order chi connectivity index (χ0) is 49.7. The van der Waals surface area contributed by atoms with Crippen LogP contribution in [-0.2, 0) is 36.8 Å². The second-order valence-electron chi connectivity index (χ2n) is 17.1. The first-order valence-corrected chi connectivity index (χ1v) is 25.5. The molecular weight excluding hydrogens is 886 g/mol. The Labute approximate surface area is 391 Å². The van der Waals surface area contributed by atoms with Gasteiger partial charge >= 0.3 is 11.5 Å².